The molecule has 2 amide bonds. The quantitative estimate of drug-likeness (QED) is 0.428. The van der Waals surface area contributed by atoms with Gasteiger partial charge < -0.3 is 24.1 Å². The van der Waals surface area contributed by atoms with Crippen LogP contribution in [0.15, 0.2) is 30.5 Å². The first kappa shape index (κ1) is 22.7. The van der Waals surface area contributed by atoms with Gasteiger partial charge in [0.1, 0.15) is 17.6 Å². The molecule has 1 saturated heterocycles. The van der Waals surface area contributed by atoms with E-state index in [0.29, 0.717) is 10.5 Å². The number of likely N-dealkylation sites (tertiary alicyclic amines) is 1. The van der Waals surface area contributed by atoms with E-state index in [1.807, 2.05) is 24.3 Å². The Kier molecular flexibility index (Phi) is 7.50. The van der Waals surface area contributed by atoms with Crippen LogP contribution in [-0.4, -0.2) is 70.1 Å². The molecule has 1 aromatic heterocycles. The maximum atomic E-state index is 14.1. The summed E-state index contributed by atoms with van der Waals surface area (Å²) in [7, 11) is 3.35. The summed E-state index contributed by atoms with van der Waals surface area (Å²) in [6.07, 6.45) is 0.824. The van der Waals surface area contributed by atoms with Gasteiger partial charge in [-0.2, -0.15) is 0 Å². The molecule has 0 unspecified atom stereocenters. The molecular weight excluding hydrogens is 522 g/mol. The average Bonchev–Trinajstić information content (AvgIpc) is 3.24. The fourth-order valence-corrected chi connectivity index (χ4v) is 4.23. The van der Waals surface area contributed by atoms with Gasteiger partial charge in [0, 0.05) is 33.3 Å². The number of likely N-dealkylation sites (N-methyl/N-ethyl adjacent to an activating group) is 1. The van der Waals surface area contributed by atoms with Crippen molar-refractivity contribution >= 4 is 46.6 Å². The summed E-state index contributed by atoms with van der Waals surface area (Å²) >= 11 is 7.27. The Balaban J connectivity index is 1.58. The lowest BCUT2D eigenvalue weighted by atomic mass is 10.2. The minimum absolute atomic E-state index is 0.0443. The number of carbonyl (C=O) groups excluding carboxylic acids is 2. The summed E-state index contributed by atoms with van der Waals surface area (Å²) < 4.78 is 22.8. The molecule has 10 heteroatoms. The molecule has 1 aliphatic heterocycles. The number of nitrogens with zero attached hydrogens (tertiary/aromatic N) is 3. The van der Waals surface area contributed by atoms with E-state index >= 15 is 0 Å². The van der Waals surface area contributed by atoms with E-state index in [1.165, 1.54) is 9.80 Å². The lowest BCUT2D eigenvalue weighted by molar-refractivity contribution is -0.132. The zero-order chi connectivity index (χ0) is 21.8. The van der Waals surface area contributed by atoms with Gasteiger partial charge in [-0.15, -0.1) is 0 Å². The Morgan fingerprint density at radius 2 is 2.13 bits per heavy atom. The Labute approximate surface area is 193 Å². The summed E-state index contributed by atoms with van der Waals surface area (Å²) in [5.41, 5.74) is 0.418. The molecule has 1 aromatic carbocycles. The van der Waals surface area contributed by atoms with E-state index in [9.17, 15) is 14.0 Å². The second kappa shape index (κ2) is 9.90. The van der Waals surface area contributed by atoms with Crippen molar-refractivity contribution in [2.24, 2.45) is 7.05 Å². The van der Waals surface area contributed by atoms with Crippen molar-refractivity contribution in [2.45, 2.75) is 25.1 Å². The smallest absolute Gasteiger partial charge is 0.271 e. The van der Waals surface area contributed by atoms with Gasteiger partial charge in [0.2, 0.25) is 5.91 Å². The van der Waals surface area contributed by atoms with Crippen LogP contribution in [0.2, 0.25) is 0 Å². The Bertz CT molecular complexity index is 979. The van der Waals surface area contributed by atoms with Gasteiger partial charge in [-0.25, -0.2) is 4.39 Å². The van der Waals surface area contributed by atoms with Crippen LogP contribution < -0.4 is 4.74 Å². The van der Waals surface area contributed by atoms with Crippen LogP contribution in [0.1, 0.15) is 23.3 Å². The number of imidazole rings is 1. The fourth-order valence-electron chi connectivity index (χ4n) is 3.52. The molecule has 0 spiro atoms. The monoisotopic (exact) mass is 546 g/mol. The summed E-state index contributed by atoms with van der Waals surface area (Å²) in [4.78, 5) is 31.3. The number of ether oxygens (including phenoxy) is 1. The number of para-hydroxylation sites is 1. The first-order valence-corrected chi connectivity index (χ1v) is 11.1. The van der Waals surface area contributed by atoms with Crippen molar-refractivity contribution in [3.63, 3.8) is 0 Å². The Morgan fingerprint density at radius 1 is 1.40 bits per heavy atom. The molecule has 2 aromatic rings. The van der Waals surface area contributed by atoms with Crippen LogP contribution in [0.5, 0.6) is 5.75 Å². The standard InChI is InChI=1S/C20H24FIN4O3S/c1-24(19(28)16-10-23-20(30)25(16)2)12-14-9-13(21)11-26(14)18(27)7-8-29-17-6-4-3-5-15(17)22/h3-6,10,13-14H,7-9,11-12H2,1-2H3,(H,23,30)/t13-,14-/m0/s1. The molecule has 3 rings (SSSR count). The number of aromatic nitrogens is 2. The van der Waals surface area contributed by atoms with Gasteiger partial charge in [-0.05, 0) is 46.9 Å². The molecule has 0 radical (unpaired) electrons. The van der Waals surface area contributed by atoms with Crippen LogP contribution >= 0.6 is 34.8 Å². The number of amides is 2. The van der Waals surface area contributed by atoms with E-state index in [0.717, 1.165) is 9.32 Å². The second-order valence-corrected chi connectivity index (χ2v) is 8.83. The van der Waals surface area contributed by atoms with E-state index in [2.05, 4.69) is 27.6 Å². The maximum absolute atomic E-state index is 14.1. The highest BCUT2D eigenvalue weighted by molar-refractivity contribution is 14.1. The van der Waals surface area contributed by atoms with Crippen LogP contribution in [0.25, 0.3) is 0 Å². The molecule has 0 bridgehead atoms. The predicted octanol–water partition coefficient (Wildman–Crippen LogP) is 3.17. The molecule has 162 valence electrons. The minimum atomic E-state index is -1.10. The topological polar surface area (TPSA) is 70.6 Å². The van der Waals surface area contributed by atoms with Crippen molar-refractivity contribution in [1.82, 2.24) is 19.4 Å². The summed E-state index contributed by atoms with van der Waals surface area (Å²) in [5.74, 6) is 0.312. The van der Waals surface area contributed by atoms with Gasteiger partial charge in [-0.3, -0.25) is 9.59 Å². The normalized spacial score (nSPS) is 18.5. The highest BCUT2D eigenvalue weighted by Crippen LogP contribution is 2.23. The van der Waals surface area contributed by atoms with Crippen molar-refractivity contribution in [3.05, 3.63) is 44.5 Å². The van der Waals surface area contributed by atoms with Crippen LogP contribution in [-0.2, 0) is 11.8 Å². The molecule has 1 aliphatic rings. The summed E-state index contributed by atoms with van der Waals surface area (Å²) in [5, 5.41) is 0. The number of alkyl halides is 1. The molecule has 0 saturated carbocycles. The largest absolute Gasteiger partial charge is 0.492 e. The van der Waals surface area contributed by atoms with Crippen molar-refractivity contribution in [3.8, 4) is 5.75 Å². The number of hydrogen-bond donors (Lipinski definition) is 1. The molecule has 2 atom stereocenters. The maximum Gasteiger partial charge on any atom is 0.271 e. The molecular formula is C20H24FIN4O3S. The van der Waals surface area contributed by atoms with Crippen LogP contribution in [0, 0.1) is 8.34 Å². The number of benzene rings is 1. The number of hydrogen-bond acceptors (Lipinski definition) is 4. The lowest BCUT2D eigenvalue weighted by Crippen LogP contribution is -2.44. The third kappa shape index (κ3) is 5.20. The van der Waals surface area contributed by atoms with Crippen molar-refractivity contribution in [1.29, 1.82) is 0 Å². The first-order chi connectivity index (χ1) is 14.3. The highest BCUT2D eigenvalue weighted by Gasteiger charge is 2.36. The predicted molar refractivity (Wildman–Crippen MR) is 122 cm³/mol. The molecule has 1 N–H and O–H groups in total. The zero-order valence-electron chi connectivity index (χ0n) is 16.8. The van der Waals surface area contributed by atoms with Crippen LogP contribution in [0.4, 0.5) is 4.39 Å². The first-order valence-electron chi connectivity index (χ1n) is 9.58. The molecule has 1 fully saturated rings. The van der Waals surface area contributed by atoms with Crippen LogP contribution in [0.3, 0.4) is 0 Å². The number of aromatic amines is 1. The van der Waals surface area contributed by atoms with Gasteiger partial charge in [-0.1, -0.05) is 12.1 Å². The van der Waals surface area contributed by atoms with E-state index in [-0.39, 0.29) is 50.4 Å². The Hall–Kier alpha value is -1.95. The number of carbonyl (C=O) groups is 2. The molecule has 30 heavy (non-hydrogen) atoms. The van der Waals surface area contributed by atoms with E-state index < -0.39 is 6.17 Å². The summed E-state index contributed by atoms with van der Waals surface area (Å²) in [6.45, 7) is 0.512. The van der Waals surface area contributed by atoms with Gasteiger partial charge in [0.15, 0.2) is 4.77 Å². The average molecular weight is 546 g/mol. The second-order valence-electron chi connectivity index (χ2n) is 7.29. The van der Waals surface area contributed by atoms with Crippen molar-refractivity contribution in [2.75, 3.05) is 26.7 Å². The number of rotatable bonds is 7. The molecule has 2 heterocycles. The number of H-pyrrole nitrogens is 1. The van der Waals surface area contributed by atoms with Gasteiger partial charge in [0.05, 0.1) is 29.2 Å². The number of halogens is 2. The van der Waals surface area contributed by atoms with E-state index in [1.54, 1.807) is 24.9 Å². The minimum Gasteiger partial charge on any atom is -0.492 e. The lowest BCUT2D eigenvalue weighted by Gasteiger charge is -2.28. The number of nitrogens with one attached hydrogen (secondary N) is 1. The highest BCUT2D eigenvalue weighted by atomic mass is 127. The van der Waals surface area contributed by atoms with Gasteiger partial charge >= 0.3 is 0 Å². The zero-order valence-corrected chi connectivity index (χ0v) is 19.8. The Morgan fingerprint density at radius 3 is 2.80 bits per heavy atom. The SMILES string of the molecule is CN(C[C@@H]1C[C@H](F)CN1C(=O)CCOc1ccccc1I)C(=O)c1c[nH]c(=S)n1C. The molecule has 0 aliphatic carbocycles. The third-order valence-corrected chi connectivity index (χ3v) is 6.43. The third-order valence-electron chi connectivity index (χ3n) is 5.14. The van der Waals surface area contributed by atoms with Crippen molar-refractivity contribution < 1.29 is 18.7 Å². The molecule has 7 nitrogen and oxygen atoms in total. The van der Waals surface area contributed by atoms with Gasteiger partial charge in [0.25, 0.3) is 5.91 Å². The summed E-state index contributed by atoms with van der Waals surface area (Å²) in [6, 6.07) is 7.18. The van der Waals surface area contributed by atoms with E-state index in [4.69, 9.17) is 17.0 Å². The fraction of sp³-hybridized carbons (Fsp3) is 0.450.